The van der Waals surface area contributed by atoms with Crippen molar-refractivity contribution in [3.8, 4) is 0 Å². The number of rotatable bonds is 39. The topological polar surface area (TPSA) is 278 Å². The maximum absolute atomic E-state index is 12.5. The Kier molecular flexibility index (Phi) is 31.7. The van der Waals surface area contributed by atoms with Gasteiger partial charge in [-0.1, -0.05) is 75.2 Å². The molecule has 668 valence electrons. The molecule has 1 saturated heterocycles. The van der Waals surface area contributed by atoms with Crippen LogP contribution in [0.4, 0.5) is 22.7 Å². The highest BCUT2D eigenvalue weighted by molar-refractivity contribution is 7.86. The van der Waals surface area contributed by atoms with Gasteiger partial charge in [-0.05, 0) is 174 Å². The predicted molar refractivity (Wildman–Crippen MR) is 479 cm³/mol. The van der Waals surface area contributed by atoms with E-state index in [-0.39, 0.29) is 46.3 Å². The largest absolute Gasteiger partial charge is 0.493 e. The Hall–Kier alpha value is -9.00. The van der Waals surface area contributed by atoms with Gasteiger partial charge in [-0.15, -0.1) is 5.06 Å². The van der Waals surface area contributed by atoms with E-state index in [2.05, 4.69) is 201 Å². The number of aryl methyl sites for hydroxylation is 2. The second-order valence-corrected chi connectivity index (χ2v) is 39.4. The zero-order chi connectivity index (χ0) is 89.8. The van der Waals surface area contributed by atoms with Gasteiger partial charge in [0.25, 0.3) is 32.1 Å². The first-order valence-corrected chi connectivity index (χ1v) is 46.0. The molecule has 0 spiro atoms. The number of amides is 2. The van der Waals surface area contributed by atoms with Crippen LogP contribution in [0.15, 0.2) is 176 Å². The number of anilines is 2. The molecule has 0 unspecified atom stereocenters. The van der Waals surface area contributed by atoms with Gasteiger partial charge in [0.15, 0.2) is 24.5 Å². The highest BCUT2D eigenvalue weighted by Gasteiger charge is 2.48. The van der Waals surface area contributed by atoms with E-state index in [0.29, 0.717) is 92.7 Å². The van der Waals surface area contributed by atoms with Crippen molar-refractivity contribution in [2.45, 2.75) is 191 Å². The second kappa shape index (κ2) is 40.5. The summed E-state index contributed by atoms with van der Waals surface area (Å²) >= 11 is 0. The zero-order valence-corrected chi connectivity index (χ0v) is 77.4. The van der Waals surface area contributed by atoms with Crippen molar-refractivity contribution in [3.05, 3.63) is 200 Å². The van der Waals surface area contributed by atoms with Gasteiger partial charge in [0.05, 0.1) is 114 Å². The van der Waals surface area contributed by atoms with Gasteiger partial charge in [0.2, 0.25) is 11.4 Å². The monoisotopic (exact) mass is 1740 g/mol. The quantitative estimate of drug-likeness (QED) is 0.0123. The molecule has 11 rings (SSSR count). The number of carboxylic acids is 1. The molecule has 0 radical (unpaired) electrons. The molecule has 27 heteroatoms. The van der Waals surface area contributed by atoms with Gasteiger partial charge < -0.3 is 57.1 Å². The number of ether oxygens (including phenoxy) is 6. The lowest BCUT2D eigenvalue weighted by Crippen LogP contribution is -2.42. The first kappa shape index (κ1) is 96.2. The Morgan fingerprint density at radius 1 is 0.472 bits per heavy atom. The number of hydrogen-bond donors (Lipinski definition) is 3. The third-order valence-corrected chi connectivity index (χ3v) is 26.7. The van der Waals surface area contributed by atoms with Crippen LogP contribution in [0.5, 0.6) is 0 Å². The fourth-order valence-corrected chi connectivity index (χ4v) is 19.1. The number of hydroxylamine groups is 2. The van der Waals surface area contributed by atoms with Gasteiger partial charge in [-0.3, -0.25) is 23.5 Å². The number of nitrogens with zero attached hydrogens (tertiary/aromatic N) is 7. The number of hydrogen-bond acceptors (Lipinski definition) is 17. The summed E-state index contributed by atoms with van der Waals surface area (Å²) in [6.07, 6.45) is 25.9. The first-order valence-electron chi connectivity index (χ1n) is 43.1. The average molecular weight is 1740 g/mol. The van der Waals surface area contributed by atoms with E-state index in [1.54, 1.807) is 52.7 Å². The molecule has 0 bridgehead atoms. The Bertz CT molecular complexity index is 5190. The lowest BCUT2D eigenvalue weighted by Gasteiger charge is -2.30. The fourth-order valence-electron chi connectivity index (χ4n) is 18.1. The summed E-state index contributed by atoms with van der Waals surface area (Å²) in [7, 11) is 6.48. The summed E-state index contributed by atoms with van der Waals surface area (Å²) in [5.41, 5.74) is 17.9. The van der Waals surface area contributed by atoms with E-state index >= 15 is 0 Å². The van der Waals surface area contributed by atoms with Gasteiger partial charge >= 0.3 is 11.9 Å². The molecule has 2 aliphatic carbocycles. The van der Waals surface area contributed by atoms with Crippen molar-refractivity contribution < 1.29 is 102 Å². The molecule has 3 N–H and O–H groups in total. The Morgan fingerprint density at radius 3 is 1.24 bits per heavy atom. The van der Waals surface area contributed by atoms with E-state index < -0.39 is 54.8 Å². The number of methoxy groups -OCH3 is 4. The van der Waals surface area contributed by atoms with E-state index in [1.807, 2.05) is 0 Å². The van der Waals surface area contributed by atoms with Crippen LogP contribution in [0.1, 0.15) is 179 Å². The number of carboxylic acid groups (broad SMARTS) is 1. The first-order chi connectivity index (χ1) is 58.0. The molecular formula is C96H133N7O18S2+4. The number of benzene rings is 4. The standard InChI is InChI=1S/C50H67N4O10S.C46H63N3O8S/c1-35-16-20-41-39(33-35)49(2,3)43(51(41)26-31-61-8)22-17-36-13-10-14-37(18-23-44-50(4,5)40-34-38(65(58,59)60)19-21-42(40)52(44)27-32-62-9)48(36)63-30-12-29-54(6,7)28-11-15-47(57)64-53-45(55)24-25-46(53)56;1-33-16-20-39-37(31-33)45(2,3)41(47(39)24-29-55-8)22-17-34-13-10-14-35(44(34)57-28-12-27-49(6,7)26-11-15-43(50)51)18-23-42-46(4,5)38-32-36(58(52,53)54)19-21-40(38)48(42)25-30-56-9/h16-23,33-34H,10-15,24-32H2,1-9H3;16-23,31-32H,10-15,24-30H2,1-9H3/q+1;/p+3. The van der Waals surface area contributed by atoms with Crippen molar-refractivity contribution in [3.63, 3.8) is 0 Å². The van der Waals surface area contributed by atoms with Crippen molar-refractivity contribution >= 4 is 78.2 Å². The number of quaternary nitrogens is 2. The number of carbonyl (C=O) groups excluding carboxylic acids is 3. The summed E-state index contributed by atoms with van der Waals surface area (Å²) in [5.74, 6) is -0.597. The fraction of sp³-hybridized carbons (Fsp3) is 0.521. The molecule has 1 fully saturated rings. The molecule has 4 aromatic carbocycles. The van der Waals surface area contributed by atoms with Crippen LogP contribution < -0.4 is 9.80 Å². The highest BCUT2D eigenvalue weighted by atomic mass is 32.2. The average Bonchev–Trinajstić information content (AvgIpc) is 1.61. The Balaban J connectivity index is 0.000000259. The lowest BCUT2D eigenvalue weighted by atomic mass is 9.81. The van der Waals surface area contributed by atoms with Crippen molar-refractivity contribution in [2.75, 3.05) is 158 Å². The van der Waals surface area contributed by atoms with Crippen molar-refractivity contribution in [1.82, 2.24) is 5.06 Å². The van der Waals surface area contributed by atoms with E-state index in [9.17, 15) is 45.1 Å². The normalized spacial score (nSPS) is 19.4. The van der Waals surface area contributed by atoms with Gasteiger partial charge in [0, 0.05) is 149 Å². The maximum Gasteiger partial charge on any atom is 0.333 e. The predicted octanol–water partition coefficient (Wildman–Crippen LogP) is 15.2. The van der Waals surface area contributed by atoms with Crippen LogP contribution in [0.25, 0.3) is 0 Å². The Morgan fingerprint density at radius 2 is 0.862 bits per heavy atom. The zero-order valence-electron chi connectivity index (χ0n) is 75.8. The number of aliphatic carboxylic acids is 1. The van der Waals surface area contributed by atoms with Crippen LogP contribution in [0, 0.1) is 13.8 Å². The Labute approximate surface area is 729 Å². The van der Waals surface area contributed by atoms with Crippen LogP contribution in [0.3, 0.4) is 0 Å². The van der Waals surface area contributed by atoms with Crippen LogP contribution in [-0.4, -0.2) is 238 Å². The molecule has 123 heavy (non-hydrogen) atoms. The summed E-state index contributed by atoms with van der Waals surface area (Å²) in [5, 5.41) is 9.75. The molecule has 0 aromatic heterocycles. The van der Waals surface area contributed by atoms with Gasteiger partial charge in [-0.2, -0.15) is 26.0 Å². The van der Waals surface area contributed by atoms with Gasteiger partial charge in [-0.25, -0.2) is 4.79 Å². The molecule has 25 nitrogen and oxygen atoms in total. The summed E-state index contributed by atoms with van der Waals surface area (Å²) in [4.78, 5) is 56.9. The third kappa shape index (κ3) is 23.0. The van der Waals surface area contributed by atoms with Crippen LogP contribution in [0.2, 0.25) is 0 Å². The van der Waals surface area contributed by atoms with E-state index in [0.717, 1.165) is 145 Å². The molecule has 0 saturated carbocycles. The maximum atomic E-state index is 12.5. The molecule has 5 heterocycles. The van der Waals surface area contributed by atoms with E-state index in [4.69, 9.17) is 38.4 Å². The number of allylic oxidation sites excluding steroid dienone is 14. The molecular weight excluding hydrogens is 1600 g/mol. The molecule has 2 amide bonds. The minimum Gasteiger partial charge on any atom is -0.493 e. The number of imide groups is 1. The molecule has 0 atom stereocenters. The minimum absolute atomic E-state index is 0.0601. The summed E-state index contributed by atoms with van der Waals surface area (Å²) in [6, 6.07) is 22.9. The van der Waals surface area contributed by atoms with Gasteiger partial charge in [0.1, 0.15) is 24.7 Å². The van der Waals surface area contributed by atoms with Crippen LogP contribution >= 0.6 is 0 Å². The third-order valence-electron chi connectivity index (χ3n) is 25.0. The SMILES string of the molecule is COCCN1C(=CC=C2CCCC(C=CC3=[N+](CCOC)c4ccc(S(=O)(=O)O)cc4C3(C)C)=C2OCCC[N+](C)(C)CCCC(=O)O)C(C)(C)c2cc(C)ccc21.COCCN1C(=CC=C2CCCC(C=CC3=[N+](CCOC)c4ccc(S(=O)(=O)O)cc4C3(C)C)=C2OCCC[N+](C)(C)CCCC(=O)ON2C(=O)CCC2=O)C(C)(C)c2cc(C)ccc21. The molecule has 7 aliphatic rings. The number of carbonyl (C=O) groups is 4. The molecule has 4 aromatic rings. The second-order valence-electron chi connectivity index (χ2n) is 36.6. The summed E-state index contributed by atoms with van der Waals surface area (Å²) in [6.45, 7) is 30.4. The van der Waals surface area contributed by atoms with Crippen LogP contribution in [-0.2, 0) is 94.3 Å². The minimum atomic E-state index is -4.41. The van der Waals surface area contributed by atoms with E-state index in [1.165, 1.54) is 57.2 Å². The lowest BCUT2D eigenvalue weighted by molar-refractivity contribution is -0.890. The smallest absolute Gasteiger partial charge is 0.333 e. The highest BCUT2D eigenvalue weighted by Crippen LogP contribution is 2.51. The van der Waals surface area contributed by atoms with Crippen molar-refractivity contribution in [1.29, 1.82) is 0 Å². The number of fused-ring (bicyclic) bond motifs is 4. The molecule has 5 aliphatic heterocycles. The summed E-state index contributed by atoms with van der Waals surface area (Å²) < 4.78 is 110. The van der Waals surface area contributed by atoms with Crippen molar-refractivity contribution in [2.24, 2.45) is 0 Å².